The number of amides is 1. The highest BCUT2D eigenvalue weighted by Crippen LogP contribution is 2.40. The van der Waals surface area contributed by atoms with Gasteiger partial charge in [-0.2, -0.15) is 5.10 Å². The summed E-state index contributed by atoms with van der Waals surface area (Å²) in [5.41, 5.74) is 2.30. The Kier molecular flexibility index (Phi) is 6.62. The second kappa shape index (κ2) is 8.50. The molecule has 1 aromatic heterocycles. The maximum absolute atomic E-state index is 12.7. The van der Waals surface area contributed by atoms with Gasteiger partial charge < -0.3 is 10.6 Å². The van der Waals surface area contributed by atoms with Gasteiger partial charge in [-0.15, -0.1) is 12.4 Å². The number of nitrogens with zero attached hydrogens (tertiary/aromatic N) is 2. The van der Waals surface area contributed by atoms with Crippen molar-refractivity contribution < 1.29 is 4.79 Å². The molecule has 1 saturated carbocycles. The summed E-state index contributed by atoms with van der Waals surface area (Å²) in [4.78, 5) is 12.7. The van der Waals surface area contributed by atoms with E-state index in [1.54, 1.807) is 17.9 Å². The van der Waals surface area contributed by atoms with E-state index in [1.807, 2.05) is 19.3 Å². The molecule has 1 unspecified atom stereocenters. The van der Waals surface area contributed by atoms with E-state index in [2.05, 4.69) is 40.0 Å². The molecule has 3 rings (SSSR count). The Bertz CT molecular complexity index is 680. The van der Waals surface area contributed by atoms with E-state index in [4.69, 9.17) is 0 Å². The molecular weight excluding hydrogens is 336 g/mol. The number of hydrogen-bond acceptors (Lipinski definition) is 3. The lowest BCUT2D eigenvalue weighted by atomic mass is 9.79. The van der Waals surface area contributed by atoms with E-state index in [1.165, 1.54) is 18.4 Å². The van der Waals surface area contributed by atoms with Crippen LogP contribution in [0.5, 0.6) is 0 Å². The lowest BCUT2D eigenvalue weighted by Gasteiger charge is -2.30. The molecule has 6 heteroatoms. The zero-order chi connectivity index (χ0) is 17.0. The average Bonchev–Trinajstić information content (AvgIpc) is 3.25. The molecule has 1 amide bonds. The van der Waals surface area contributed by atoms with Gasteiger partial charge >= 0.3 is 0 Å². The second-order valence-electron chi connectivity index (χ2n) is 6.74. The van der Waals surface area contributed by atoms with Crippen LogP contribution in [-0.4, -0.2) is 29.3 Å². The van der Waals surface area contributed by atoms with Gasteiger partial charge in [0.1, 0.15) is 6.04 Å². The van der Waals surface area contributed by atoms with Crippen LogP contribution in [0.2, 0.25) is 0 Å². The molecule has 1 aliphatic carbocycles. The fourth-order valence-electron chi connectivity index (χ4n) is 3.81. The van der Waals surface area contributed by atoms with Crippen LogP contribution in [-0.2, 0) is 17.3 Å². The van der Waals surface area contributed by atoms with Crippen molar-refractivity contribution in [2.45, 2.75) is 37.1 Å². The number of rotatable bonds is 6. The third-order valence-electron chi connectivity index (χ3n) is 5.16. The lowest BCUT2D eigenvalue weighted by molar-refractivity contribution is -0.123. The minimum Gasteiger partial charge on any atom is -0.354 e. The van der Waals surface area contributed by atoms with E-state index in [9.17, 15) is 4.79 Å². The molecule has 0 spiro atoms. The number of aryl methyl sites for hydroxylation is 1. The van der Waals surface area contributed by atoms with Gasteiger partial charge in [0, 0.05) is 30.8 Å². The lowest BCUT2D eigenvalue weighted by Crippen LogP contribution is -2.43. The van der Waals surface area contributed by atoms with Gasteiger partial charge in [0.15, 0.2) is 0 Å². The van der Waals surface area contributed by atoms with Crippen molar-refractivity contribution in [2.75, 3.05) is 13.6 Å². The first-order valence-corrected chi connectivity index (χ1v) is 8.64. The summed E-state index contributed by atoms with van der Waals surface area (Å²) >= 11 is 0. The van der Waals surface area contributed by atoms with E-state index in [0.717, 1.165) is 18.4 Å². The minimum atomic E-state index is -0.368. The molecule has 5 nitrogen and oxygen atoms in total. The standard InChI is InChI=1S/C19H26N4O.ClH/c1-20-17(15-12-22-23(2)13-15)18(24)21-14-19(10-6-7-11-19)16-8-4-3-5-9-16;/h3-5,8-9,12-13,17,20H,6-7,10-11,14H2,1-2H3,(H,21,24);1H. The van der Waals surface area contributed by atoms with Crippen molar-refractivity contribution in [3.8, 4) is 0 Å². The number of halogens is 1. The third kappa shape index (κ3) is 4.22. The maximum Gasteiger partial charge on any atom is 0.241 e. The number of nitrogens with one attached hydrogen (secondary N) is 2. The highest BCUT2D eigenvalue weighted by atomic mass is 35.5. The summed E-state index contributed by atoms with van der Waals surface area (Å²) in [6.45, 7) is 0.689. The Morgan fingerprint density at radius 2 is 1.96 bits per heavy atom. The van der Waals surface area contributed by atoms with Crippen LogP contribution in [0.3, 0.4) is 0 Å². The number of likely N-dealkylation sites (N-methyl/N-ethyl adjacent to an activating group) is 1. The van der Waals surface area contributed by atoms with Crippen LogP contribution in [0.15, 0.2) is 42.7 Å². The molecule has 0 radical (unpaired) electrons. The Morgan fingerprint density at radius 3 is 2.52 bits per heavy atom. The molecule has 0 bridgehead atoms. The molecule has 1 fully saturated rings. The van der Waals surface area contributed by atoms with Gasteiger partial charge in [-0.05, 0) is 25.5 Å². The fraction of sp³-hybridized carbons (Fsp3) is 0.474. The summed E-state index contributed by atoms with van der Waals surface area (Å²) in [6.07, 6.45) is 8.33. The predicted octanol–water partition coefficient (Wildman–Crippen LogP) is 2.73. The monoisotopic (exact) mass is 362 g/mol. The number of aromatic nitrogens is 2. The van der Waals surface area contributed by atoms with E-state index >= 15 is 0 Å². The van der Waals surface area contributed by atoms with E-state index in [0.29, 0.717) is 6.54 Å². The van der Waals surface area contributed by atoms with Crippen LogP contribution in [0.25, 0.3) is 0 Å². The highest BCUT2D eigenvalue weighted by Gasteiger charge is 2.36. The molecule has 0 saturated heterocycles. The van der Waals surface area contributed by atoms with Crippen molar-refractivity contribution in [2.24, 2.45) is 7.05 Å². The van der Waals surface area contributed by atoms with E-state index < -0.39 is 0 Å². The second-order valence-corrected chi connectivity index (χ2v) is 6.74. The molecule has 25 heavy (non-hydrogen) atoms. The van der Waals surface area contributed by atoms with Crippen LogP contribution in [0.1, 0.15) is 42.9 Å². The quantitative estimate of drug-likeness (QED) is 0.830. The SMILES string of the molecule is CNC(C(=O)NCC1(c2ccccc2)CCCC1)c1cnn(C)c1.Cl. The number of carbonyl (C=O) groups is 1. The normalized spacial score (nSPS) is 16.9. The zero-order valence-corrected chi connectivity index (χ0v) is 15.7. The molecule has 0 aliphatic heterocycles. The van der Waals surface area contributed by atoms with Gasteiger partial charge in [-0.3, -0.25) is 9.48 Å². The van der Waals surface area contributed by atoms with Gasteiger partial charge in [0.05, 0.1) is 6.20 Å². The van der Waals surface area contributed by atoms with Crippen molar-refractivity contribution >= 4 is 18.3 Å². The van der Waals surface area contributed by atoms with Crippen molar-refractivity contribution in [1.82, 2.24) is 20.4 Å². The number of benzene rings is 1. The van der Waals surface area contributed by atoms with Gasteiger partial charge in [0.2, 0.25) is 5.91 Å². The summed E-state index contributed by atoms with van der Waals surface area (Å²) in [5.74, 6) is 0.00714. The van der Waals surface area contributed by atoms with Gasteiger partial charge in [0.25, 0.3) is 0 Å². The molecule has 1 heterocycles. The first-order chi connectivity index (χ1) is 11.6. The summed E-state index contributed by atoms with van der Waals surface area (Å²) in [5, 5.41) is 10.4. The number of carbonyl (C=O) groups excluding carboxylic acids is 1. The summed E-state index contributed by atoms with van der Waals surface area (Å²) < 4.78 is 1.72. The van der Waals surface area contributed by atoms with Gasteiger partial charge in [-0.25, -0.2) is 0 Å². The third-order valence-corrected chi connectivity index (χ3v) is 5.16. The highest BCUT2D eigenvalue weighted by molar-refractivity contribution is 5.85. The summed E-state index contributed by atoms with van der Waals surface area (Å²) in [7, 11) is 3.66. The average molecular weight is 363 g/mol. The van der Waals surface area contributed by atoms with Crippen LogP contribution in [0.4, 0.5) is 0 Å². The zero-order valence-electron chi connectivity index (χ0n) is 14.9. The Morgan fingerprint density at radius 1 is 1.28 bits per heavy atom. The van der Waals surface area contributed by atoms with Gasteiger partial charge in [-0.1, -0.05) is 43.2 Å². The van der Waals surface area contributed by atoms with Crippen LogP contribution >= 0.6 is 12.4 Å². The Labute approximate surface area is 155 Å². The van der Waals surface area contributed by atoms with E-state index in [-0.39, 0.29) is 29.8 Å². The molecule has 1 aliphatic rings. The van der Waals surface area contributed by atoms with Crippen LogP contribution in [0, 0.1) is 0 Å². The van der Waals surface area contributed by atoms with Crippen LogP contribution < -0.4 is 10.6 Å². The minimum absolute atomic E-state index is 0. The molecule has 2 N–H and O–H groups in total. The Hall–Kier alpha value is -1.85. The topological polar surface area (TPSA) is 59.0 Å². The molecule has 2 aromatic rings. The first-order valence-electron chi connectivity index (χ1n) is 8.64. The fourth-order valence-corrected chi connectivity index (χ4v) is 3.81. The molecular formula is C19H27ClN4O. The first kappa shape index (κ1) is 19.5. The maximum atomic E-state index is 12.7. The Balaban J connectivity index is 0.00000225. The van der Waals surface area contributed by atoms with Crippen molar-refractivity contribution in [3.63, 3.8) is 0 Å². The molecule has 136 valence electrons. The summed E-state index contributed by atoms with van der Waals surface area (Å²) in [6, 6.07) is 10.2. The smallest absolute Gasteiger partial charge is 0.241 e. The number of hydrogen-bond donors (Lipinski definition) is 2. The molecule has 1 aromatic carbocycles. The predicted molar refractivity (Wildman–Crippen MR) is 102 cm³/mol. The van der Waals surface area contributed by atoms with Crippen molar-refractivity contribution in [3.05, 3.63) is 53.9 Å². The van der Waals surface area contributed by atoms with Crippen molar-refractivity contribution in [1.29, 1.82) is 0 Å². The molecule has 1 atom stereocenters. The largest absolute Gasteiger partial charge is 0.354 e.